The van der Waals surface area contributed by atoms with Crippen molar-refractivity contribution in [3.63, 3.8) is 0 Å². The molecule has 1 amide bonds. The predicted molar refractivity (Wildman–Crippen MR) is 123 cm³/mol. The fraction of sp³-hybridized carbons (Fsp3) is 0.250. The summed E-state index contributed by atoms with van der Waals surface area (Å²) in [6, 6.07) is 8.97. The minimum atomic E-state index is -1.65. The average Bonchev–Trinajstić information content (AvgIpc) is 3.12. The number of anilines is 1. The highest BCUT2D eigenvalue weighted by molar-refractivity contribution is 6.32. The molecule has 32 heavy (non-hydrogen) atoms. The first-order valence-electron chi connectivity index (χ1n) is 10.1. The molecule has 0 fully saturated rings. The predicted octanol–water partition coefficient (Wildman–Crippen LogP) is 4.47. The second-order valence-corrected chi connectivity index (χ2v) is 8.21. The second-order valence-electron chi connectivity index (χ2n) is 7.81. The third kappa shape index (κ3) is 4.27. The van der Waals surface area contributed by atoms with Crippen LogP contribution in [0, 0.1) is 11.8 Å². The van der Waals surface area contributed by atoms with Crippen LogP contribution in [-0.2, 0) is 6.42 Å². The summed E-state index contributed by atoms with van der Waals surface area (Å²) in [5, 5.41) is 3.33. The number of nitrogens with zero attached hydrogens (tertiary/aromatic N) is 2. The van der Waals surface area contributed by atoms with E-state index in [1.165, 1.54) is 13.8 Å². The quantitative estimate of drug-likeness (QED) is 0.573. The molecule has 0 spiro atoms. The first-order valence-corrected chi connectivity index (χ1v) is 10.4. The van der Waals surface area contributed by atoms with Crippen LogP contribution in [0.5, 0.6) is 5.75 Å². The standard InChI is InChI=1S/C24H22ClFN4O2/c1-24(2,26)10-7-15-14-27-11-8-16(15)21-13-17-20(9-12-28-23(17)31)30(21)29-19-6-4-5-18(25)22(19)32-3/h4-6,8,11,13-14,29H,9,12H2,1-3H3,(H,28,31). The molecule has 164 valence electrons. The molecule has 2 aromatic heterocycles. The third-order valence-corrected chi connectivity index (χ3v) is 5.29. The van der Waals surface area contributed by atoms with Crippen LogP contribution in [0.4, 0.5) is 10.1 Å². The summed E-state index contributed by atoms with van der Waals surface area (Å²) in [5.41, 5.74) is 5.66. The lowest BCUT2D eigenvalue weighted by atomic mass is 10.1. The van der Waals surface area contributed by atoms with Gasteiger partial charge in [0.15, 0.2) is 11.4 Å². The van der Waals surface area contributed by atoms with Crippen molar-refractivity contribution in [1.29, 1.82) is 0 Å². The number of aromatic nitrogens is 2. The van der Waals surface area contributed by atoms with Crippen LogP contribution in [0.15, 0.2) is 42.7 Å². The Kier molecular flexibility index (Phi) is 5.81. The summed E-state index contributed by atoms with van der Waals surface area (Å²) in [4.78, 5) is 16.7. The van der Waals surface area contributed by atoms with Crippen LogP contribution in [0.1, 0.15) is 35.5 Å². The number of carbonyl (C=O) groups is 1. The maximum Gasteiger partial charge on any atom is 0.253 e. The highest BCUT2D eigenvalue weighted by Crippen LogP contribution is 2.35. The van der Waals surface area contributed by atoms with Crippen LogP contribution in [0.2, 0.25) is 5.02 Å². The van der Waals surface area contributed by atoms with E-state index in [0.717, 1.165) is 5.69 Å². The Morgan fingerprint density at radius 3 is 2.88 bits per heavy atom. The molecule has 0 atom stereocenters. The Hall–Kier alpha value is -3.50. The molecule has 0 unspecified atom stereocenters. The maximum atomic E-state index is 14.0. The summed E-state index contributed by atoms with van der Waals surface area (Å²) in [5.74, 6) is 5.83. The molecule has 0 bridgehead atoms. The van der Waals surface area contributed by atoms with E-state index in [2.05, 4.69) is 27.6 Å². The summed E-state index contributed by atoms with van der Waals surface area (Å²) < 4.78 is 21.4. The molecule has 1 aromatic carbocycles. The van der Waals surface area contributed by atoms with Gasteiger partial charge in [0.05, 0.1) is 40.3 Å². The van der Waals surface area contributed by atoms with Gasteiger partial charge in [-0.05, 0) is 38.1 Å². The van der Waals surface area contributed by atoms with Gasteiger partial charge in [0.2, 0.25) is 0 Å². The topological polar surface area (TPSA) is 68.2 Å². The molecule has 0 saturated carbocycles. The van der Waals surface area contributed by atoms with Crippen molar-refractivity contribution in [2.45, 2.75) is 25.9 Å². The Morgan fingerprint density at radius 1 is 1.31 bits per heavy atom. The fourth-order valence-electron chi connectivity index (χ4n) is 3.57. The summed E-state index contributed by atoms with van der Waals surface area (Å²) in [7, 11) is 1.54. The van der Waals surface area contributed by atoms with E-state index < -0.39 is 5.67 Å². The van der Waals surface area contributed by atoms with Gasteiger partial charge in [0.25, 0.3) is 5.91 Å². The minimum Gasteiger partial charge on any atom is -0.493 e. The molecular weight excluding hydrogens is 431 g/mol. The minimum absolute atomic E-state index is 0.155. The van der Waals surface area contributed by atoms with E-state index in [9.17, 15) is 9.18 Å². The van der Waals surface area contributed by atoms with Gasteiger partial charge in [0, 0.05) is 30.9 Å². The molecule has 2 N–H and O–H groups in total. The van der Waals surface area contributed by atoms with Gasteiger partial charge in [-0.25, -0.2) is 4.39 Å². The largest absolute Gasteiger partial charge is 0.493 e. The lowest BCUT2D eigenvalue weighted by Crippen LogP contribution is -2.33. The Labute approximate surface area is 190 Å². The van der Waals surface area contributed by atoms with E-state index >= 15 is 0 Å². The monoisotopic (exact) mass is 452 g/mol. The van der Waals surface area contributed by atoms with Gasteiger partial charge in [-0.3, -0.25) is 19.9 Å². The van der Waals surface area contributed by atoms with Crippen LogP contribution in [0.3, 0.4) is 0 Å². The van der Waals surface area contributed by atoms with Gasteiger partial charge in [-0.15, -0.1) is 0 Å². The van der Waals surface area contributed by atoms with Crippen molar-refractivity contribution in [3.8, 4) is 28.8 Å². The van der Waals surface area contributed by atoms with Crippen LogP contribution in [0.25, 0.3) is 11.3 Å². The summed E-state index contributed by atoms with van der Waals surface area (Å²) >= 11 is 6.30. The van der Waals surface area contributed by atoms with Gasteiger partial charge in [-0.1, -0.05) is 29.5 Å². The van der Waals surface area contributed by atoms with Crippen molar-refractivity contribution >= 4 is 23.2 Å². The molecule has 8 heteroatoms. The Bertz CT molecular complexity index is 1250. The molecule has 0 saturated heterocycles. The highest BCUT2D eigenvalue weighted by atomic mass is 35.5. The summed E-state index contributed by atoms with van der Waals surface area (Å²) in [6.07, 6.45) is 3.85. The van der Waals surface area contributed by atoms with E-state index in [0.29, 0.717) is 51.8 Å². The van der Waals surface area contributed by atoms with Crippen molar-refractivity contribution < 1.29 is 13.9 Å². The molecule has 3 aromatic rings. The molecule has 1 aliphatic heterocycles. The molecule has 6 nitrogen and oxygen atoms in total. The van der Waals surface area contributed by atoms with E-state index in [1.807, 2.05) is 16.8 Å². The number of halogens is 2. The number of alkyl halides is 1. The fourth-order valence-corrected chi connectivity index (χ4v) is 3.82. The van der Waals surface area contributed by atoms with Gasteiger partial charge in [0.1, 0.15) is 0 Å². The van der Waals surface area contributed by atoms with Gasteiger partial charge in [-0.2, -0.15) is 0 Å². The zero-order chi connectivity index (χ0) is 22.9. The number of methoxy groups -OCH3 is 1. The number of benzene rings is 1. The number of rotatable bonds is 4. The van der Waals surface area contributed by atoms with Gasteiger partial charge < -0.3 is 10.1 Å². The van der Waals surface area contributed by atoms with Crippen molar-refractivity contribution in [2.24, 2.45) is 0 Å². The number of hydrogen-bond acceptors (Lipinski definition) is 4. The van der Waals surface area contributed by atoms with Crippen LogP contribution < -0.4 is 15.5 Å². The molecule has 3 heterocycles. The number of para-hydroxylation sites is 1. The molecule has 0 aliphatic carbocycles. The van der Waals surface area contributed by atoms with Gasteiger partial charge >= 0.3 is 0 Å². The SMILES string of the molecule is COc1c(Cl)cccc1Nn1c(-c2ccncc2C#CC(C)(C)F)cc2c1CCNC2=O. The van der Waals surface area contributed by atoms with E-state index in [4.69, 9.17) is 16.3 Å². The van der Waals surface area contributed by atoms with Crippen molar-refractivity contribution in [3.05, 3.63) is 64.6 Å². The molecule has 4 rings (SSSR count). The average molecular weight is 453 g/mol. The van der Waals surface area contributed by atoms with Crippen LogP contribution in [-0.4, -0.2) is 34.9 Å². The Balaban J connectivity index is 1.91. The summed E-state index contributed by atoms with van der Waals surface area (Å²) in [6.45, 7) is 3.31. The lowest BCUT2D eigenvalue weighted by molar-refractivity contribution is 0.0945. The first kappa shape index (κ1) is 21.7. The van der Waals surface area contributed by atoms with E-state index in [-0.39, 0.29) is 5.91 Å². The second kappa shape index (κ2) is 8.56. The number of nitrogens with one attached hydrogen (secondary N) is 2. The number of ether oxygens (including phenoxy) is 1. The smallest absolute Gasteiger partial charge is 0.253 e. The first-order chi connectivity index (χ1) is 15.3. The van der Waals surface area contributed by atoms with Crippen LogP contribution >= 0.6 is 11.6 Å². The van der Waals surface area contributed by atoms with Crippen molar-refractivity contribution in [1.82, 2.24) is 15.0 Å². The lowest BCUT2D eigenvalue weighted by Gasteiger charge is -2.21. The zero-order valence-electron chi connectivity index (χ0n) is 17.9. The van der Waals surface area contributed by atoms with E-state index in [1.54, 1.807) is 37.7 Å². The third-order valence-electron chi connectivity index (χ3n) is 4.99. The maximum absolute atomic E-state index is 14.0. The normalized spacial score (nSPS) is 13.0. The molecule has 1 aliphatic rings. The highest BCUT2D eigenvalue weighted by Gasteiger charge is 2.26. The molecular formula is C24H22ClFN4O2. The number of amides is 1. The van der Waals surface area contributed by atoms with Crippen molar-refractivity contribution in [2.75, 3.05) is 19.1 Å². The number of hydrogen-bond donors (Lipinski definition) is 2. The molecule has 0 radical (unpaired) electrons. The Morgan fingerprint density at radius 2 is 2.12 bits per heavy atom. The number of fused-ring (bicyclic) bond motifs is 1. The number of carbonyl (C=O) groups excluding carboxylic acids is 1. The number of pyridine rings is 1. The zero-order valence-corrected chi connectivity index (χ0v) is 18.7.